The van der Waals surface area contributed by atoms with E-state index in [1.807, 2.05) is 42.5 Å². The van der Waals surface area contributed by atoms with Crippen LogP contribution in [0.5, 0.6) is 0 Å². The Hall–Kier alpha value is -3.60. The first-order valence-electron chi connectivity index (χ1n) is 9.71. The molecule has 33 heavy (non-hydrogen) atoms. The van der Waals surface area contributed by atoms with Gasteiger partial charge in [-0.25, -0.2) is 13.4 Å². The molecular weight excluding hydrogens is 476 g/mol. The van der Waals surface area contributed by atoms with Crippen molar-refractivity contribution in [3.8, 4) is 11.1 Å². The Morgan fingerprint density at radius 3 is 2.18 bits per heavy atom. The Morgan fingerprint density at radius 2 is 1.55 bits per heavy atom. The number of aromatic nitrogens is 1. The van der Waals surface area contributed by atoms with Crippen molar-refractivity contribution in [2.75, 3.05) is 10.0 Å². The standard InChI is InChI=1S/C23H18N4O3S3/c28-21(18-8-6-17(7-9-18)16-4-2-1-3-5-16)26-22(31)25-19-10-12-20(13-11-19)33(29,30)27-23-24-14-15-32-23/h1-15H,(H,24,27)(H2,25,26,28,31). The number of nitrogens with zero attached hydrogens (tertiary/aromatic N) is 1. The molecule has 0 bridgehead atoms. The Bertz CT molecular complexity index is 1360. The highest BCUT2D eigenvalue weighted by atomic mass is 32.2. The minimum atomic E-state index is -3.74. The molecule has 3 aromatic carbocycles. The van der Waals surface area contributed by atoms with Gasteiger partial charge in [-0.1, -0.05) is 42.5 Å². The molecule has 3 N–H and O–H groups in total. The summed E-state index contributed by atoms with van der Waals surface area (Å²) in [6, 6.07) is 23.1. The van der Waals surface area contributed by atoms with Gasteiger partial charge in [-0.15, -0.1) is 11.3 Å². The van der Waals surface area contributed by atoms with Crippen LogP contribution in [0.1, 0.15) is 10.4 Å². The molecule has 0 saturated heterocycles. The van der Waals surface area contributed by atoms with Gasteiger partial charge in [0.2, 0.25) is 0 Å². The first-order chi connectivity index (χ1) is 15.9. The largest absolute Gasteiger partial charge is 0.332 e. The number of carbonyl (C=O) groups is 1. The number of carbonyl (C=O) groups excluding carboxylic acids is 1. The van der Waals surface area contributed by atoms with Crippen LogP contribution in [0.25, 0.3) is 11.1 Å². The van der Waals surface area contributed by atoms with Crippen LogP contribution in [0.4, 0.5) is 10.8 Å². The molecule has 1 aromatic heterocycles. The van der Waals surface area contributed by atoms with E-state index in [4.69, 9.17) is 12.2 Å². The van der Waals surface area contributed by atoms with Crippen molar-refractivity contribution in [2.24, 2.45) is 0 Å². The van der Waals surface area contributed by atoms with E-state index in [9.17, 15) is 13.2 Å². The Morgan fingerprint density at radius 1 is 0.879 bits per heavy atom. The second-order valence-electron chi connectivity index (χ2n) is 6.82. The molecule has 0 fully saturated rings. The number of hydrogen-bond donors (Lipinski definition) is 3. The molecule has 10 heteroatoms. The second kappa shape index (κ2) is 9.90. The van der Waals surface area contributed by atoms with E-state index in [0.717, 1.165) is 11.1 Å². The molecule has 0 unspecified atom stereocenters. The Kier molecular flexibility index (Phi) is 6.78. The first kappa shape index (κ1) is 22.6. The third-order valence-electron chi connectivity index (χ3n) is 4.56. The molecular formula is C23H18N4O3S3. The van der Waals surface area contributed by atoms with Gasteiger partial charge in [0.1, 0.15) is 0 Å². The molecule has 0 aliphatic carbocycles. The van der Waals surface area contributed by atoms with Gasteiger partial charge in [-0.3, -0.25) is 14.8 Å². The lowest BCUT2D eigenvalue weighted by Crippen LogP contribution is -2.34. The molecule has 0 radical (unpaired) electrons. The van der Waals surface area contributed by atoms with Gasteiger partial charge in [-0.2, -0.15) is 0 Å². The monoisotopic (exact) mass is 494 g/mol. The lowest BCUT2D eigenvalue weighted by atomic mass is 10.0. The summed E-state index contributed by atoms with van der Waals surface area (Å²) in [5, 5.41) is 7.57. The lowest BCUT2D eigenvalue weighted by Gasteiger charge is -2.11. The van der Waals surface area contributed by atoms with Gasteiger partial charge in [-0.05, 0) is 59.7 Å². The van der Waals surface area contributed by atoms with Crippen LogP contribution in [-0.4, -0.2) is 24.4 Å². The predicted octanol–water partition coefficient (Wildman–Crippen LogP) is 4.74. The van der Waals surface area contributed by atoms with E-state index >= 15 is 0 Å². The van der Waals surface area contributed by atoms with Gasteiger partial charge in [0, 0.05) is 22.8 Å². The van der Waals surface area contributed by atoms with Gasteiger partial charge >= 0.3 is 0 Å². The SMILES string of the molecule is O=C(NC(=S)Nc1ccc(S(=O)(=O)Nc2nccs2)cc1)c1ccc(-c2ccccc2)cc1. The maximum absolute atomic E-state index is 12.5. The van der Waals surface area contributed by atoms with Crippen LogP contribution in [0.15, 0.2) is 95.3 Å². The normalized spacial score (nSPS) is 10.9. The smallest absolute Gasteiger partial charge is 0.263 e. The van der Waals surface area contributed by atoms with E-state index in [2.05, 4.69) is 20.3 Å². The van der Waals surface area contributed by atoms with Crippen LogP contribution in [0.2, 0.25) is 0 Å². The van der Waals surface area contributed by atoms with E-state index in [0.29, 0.717) is 11.3 Å². The van der Waals surface area contributed by atoms with E-state index in [-0.39, 0.29) is 21.0 Å². The molecule has 0 atom stereocenters. The number of rotatable bonds is 6. The van der Waals surface area contributed by atoms with E-state index < -0.39 is 10.0 Å². The fourth-order valence-electron chi connectivity index (χ4n) is 2.95. The van der Waals surface area contributed by atoms with Crippen molar-refractivity contribution in [3.63, 3.8) is 0 Å². The van der Waals surface area contributed by atoms with Gasteiger partial charge in [0.25, 0.3) is 15.9 Å². The van der Waals surface area contributed by atoms with E-state index in [1.54, 1.807) is 29.6 Å². The van der Waals surface area contributed by atoms with Crippen molar-refractivity contribution < 1.29 is 13.2 Å². The average molecular weight is 495 g/mol. The van der Waals surface area contributed by atoms with Gasteiger partial charge in [0.05, 0.1) is 4.90 Å². The minimum Gasteiger partial charge on any atom is -0.332 e. The quantitative estimate of drug-likeness (QED) is 0.335. The van der Waals surface area contributed by atoms with E-state index in [1.165, 1.54) is 29.7 Å². The van der Waals surface area contributed by atoms with Crippen LogP contribution < -0.4 is 15.4 Å². The molecule has 0 saturated carbocycles. The highest BCUT2D eigenvalue weighted by Crippen LogP contribution is 2.20. The lowest BCUT2D eigenvalue weighted by molar-refractivity contribution is 0.0977. The first-order valence-corrected chi connectivity index (χ1v) is 12.5. The molecule has 7 nitrogen and oxygen atoms in total. The number of amides is 1. The van der Waals surface area contributed by atoms with Crippen molar-refractivity contribution in [1.29, 1.82) is 0 Å². The molecule has 0 aliphatic rings. The third kappa shape index (κ3) is 5.80. The number of sulfonamides is 1. The summed E-state index contributed by atoms with van der Waals surface area (Å²) >= 11 is 6.41. The molecule has 1 amide bonds. The Labute approximate surface area is 200 Å². The second-order valence-corrected chi connectivity index (χ2v) is 9.80. The molecule has 0 spiro atoms. The topological polar surface area (TPSA) is 100 Å². The predicted molar refractivity (Wildman–Crippen MR) is 135 cm³/mol. The number of nitrogens with one attached hydrogen (secondary N) is 3. The van der Waals surface area contributed by atoms with Crippen LogP contribution in [0.3, 0.4) is 0 Å². The maximum Gasteiger partial charge on any atom is 0.263 e. The zero-order valence-corrected chi connectivity index (χ0v) is 19.5. The number of anilines is 2. The zero-order valence-electron chi connectivity index (χ0n) is 17.1. The summed E-state index contributed by atoms with van der Waals surface area (Å²) in [4.78, 5) is 16.5. The summed E-state index contributed by atoms with van der Waals surface area (Å²) in [5.74, 6) is -0.348. The van der Waals surface area contributed by atoms with Crippen molar-refractivity contribution in [2.45, 2.75) is 4.90 Å². The van der Waals surface area contributed by atoms with Crippen LogP contribution in [-0.2, 0) is 10.0 Å². The van der Waals surface area contributed by atoms with Crippen molar-refractivity contribution >= 4 is 55.4 Å². The maximum atomic E-state index is 12.5. The van der Waals surface area contributed by atoms with Crippen molar-refractivity contribution in [3.05, 3.63) is 96.0 Å². The molecule has 0 aliphatic heterocycles. The van der Waals surface area contributed by atoms with Gasteiger partial charge < -0.3 is 5.32 Å². The number of hydrogen-bond acceptors (Lipinski definition) is 6. The summed E-state index contributed by atoms with van der Waals surface area (Å²) in [5.41, 5.74) is 3.07. The fraction of sp³-hybridized carbons (Fsp3) is 0. The molecule has 1 heterocycles. The highest BCUT2D eigenvalue weighted by Gasteiger charge is 2.15. The summed E-state index contributed by atoms with van der Waals surface area (Å²) in [7, 11) is -3.74. The zero-order chi connectivity index (χ0) is 23.3. The van der Waals surface area contributed by atoms with Crippen molar-refractivity contribution in [1.82, 2.24) is 10.3 Å². The number of thiazole rings is 1. The summed E-state index contributed by atoms with van der Waals surface area (Å²) in [6.45, 7) is 0. The Balaban J connectivity index is 1.35. The minimum absolute atomic E-state index is 0.0803. The summed E-state index contributed by atoms with van der Waals surface area (Å²) in [6.07, 6.45) is 1.52. The molecule has 4 rings (SSSR count). The number of benzene rings is 3. The van der Waals surface area contributed by atoms with Gasteiger partial charge in [0.15, 0.2) is 10.2 Å². The fourth-order valence-corrected chi connectivity index (χ4v) is 4.95. The van der Waals surface area contributed by atoms with Crippen LogP contribution >= 0.6 is 23.6 Å². The summed E-state index contributed by atoms with van der Waals surface area (Å²) < 4.78 is 27.2. The third-order valence-corrected chi connectivity index (χ3v) is 6.93. The molecule has 4 aromatic rings. The number of thiocarbonyl (C=S) groups is 1. The highest BCUT2D eigenvalue weighted by molar-refractivity contribution is 7.93. The molecule has 166 valence electrons. The van der Waals surface area contributed by atoms with Crippen LogP contribution in [0, 0.1) is 0 Å². The average Bonchev–Trinajstić information content (AvgIpc) is 3.32.